The normalized spacial score (nSPS) is 11.2. The van der Waals surface area contributed by atoms with Crippen LogP contribution in [0.1, 0.15) is 0 Å². The summed E-state index contributed by atoms with van der Waals surface area (Å²) in [5.41, 5.74) is 5.34. The van der Waals surface area contributed by atoms with E-state index in [2.05, 4.69) is 0 Å². The van der Waals surface area contributed by atoms with Gasteiger partial charge in [0.05, 0.1) is 111 Å². The molecule has 0 unspecified atom stereocenters. The molecule has 2 N–H and O–H groups in total. The summed E-state index contributed by atoms with van der Waals surface area (Å²) in [7, 11) is 0. The smallest absolute Gasteiger partial charge is 0.269 e. The van der Waals surface area contributed by atoms with Crippen molar-refractivity contribution in [1.29, 1.82) is 0 Å². The maximum Gasteiger partial charge on any atom is 0.269 e. The second-order valence-corrected chi connectivity index (χ2v) is 7.29. The van der Waals surface area contributed by atoms with Gasteiger partial charge in [-0.05, 0) is 12.1 Å². The van der Waals surface area contributed by atoms with Crippen LogP contribution in [0.3, 0.4) is 0 Å². The van der Waals surface area contributed by atoms with Crippen LogP contribution in [0.5, 0.6) is 5.75 Å². The van der Waals surface area contributed by atoms with E-state index < -0.39 is 4.92 Å². The summed E-state index contributed by atoms with van der Waals surface area (Å²) in [6.45, 7) is 8.78. The van der Waals surface area contributed by atoms with E-state index in [1.54, 1.807) is 12.1 Å². The zero-order valence-corrected chi connectivity index (χ0v) is 21.6. The summed E-state index contributed by atoms with van der Waals surface area (Å²) in [6.07, 6.45) is 0. The van der Waals surface area contributed by atoms with Gasteiger partial charge in [0, 0.05) is 18.7 Å². The van der Waals surface area contributed by atoms with Gasteiger partial charge >= 0.3 is 0 Å². The maximum atomic E-state index is 10.6. The Kier molecular flexibility index (Phi) is 23.0. The predicted molar refractivity (Wildman–Crippen MR) is 134 cm³/mol. The summed E-state index contributed by atoms with van der Waals surface area (Å²) in [6, 6.07) is 5.91. The van der Waals surface area contributed by atoms with E-state index in [1.807, 2.05) is 0 Å². The average molecular weight is 535 g/mol. The Morgan fingerprint density at radius 3 is 1.11 bits per heavy atom. The number of benzene rings is 1. The Morgan fingerprint density at radius 2 is 0.811 bits per heavy atom. The molecule has 37 heavy (non-hydrogen) atoms. The minimum absolute atomic E-state index is 0.0277. The van der Waals surface area contributed by atoms with E-state index in [-0.39, 0.29) is 5.69 Å². The van der Waals surface area contributed by atoms with E-state index >= 15 is 0 Å². The zero-order valence-electron chi connectivity index (χ0n) is 21.6. The molecule has 0 amide bonds. The molecule has 0 saturated heterocycles. The third-order valence-electron chi connectivity index (χ3n) is 4.41. The molecule has 0 aliphatic heterocycles. The molecule has 13 nitrogen and oxygen atoms in total. The highest BCUT2D eigenvalue weighted by molar-refractivity contribution is 5.35. The van der Waals surface area contributed by atoms with Gasteiger partial charge in [-0.25, -0.2) is 0 Å². The van der Waals surface area contributed by atoms with Crippen molar-refractivity contribution in [3.05, 3.63) is 34.4 Å². The molecular weight excluding hydrogens is 492 g/mol. The highest BCUT2D eigenvalue weighted by Crippen LogP contribution is 2.17. The Bertz CT molecular complexity index is 638. The Hall–Kier alpha value is -1.94. The van der Waals surface area contributed by atoms with E-state index in [0.29, 0.717) is 125 Å². The van der Waals surface area contributed by atoms with Crippen LogP contribution >= 0.6 is 0 Å². The number of hydrogen-bond acceptors (Lipinski definition) is 12. The molecule has 0 heterocycles. The largest absolute Gasteiger partial charge is 0.491 e. The quantitative estimate of drug-likeness (QED) is 0.0929. The van der Waals surface area contributed by atoms with Gasteiger partial charge in [-0.2, -0.15) is 0 Å². The lowest BCUT2D eigenvalue weighted by Crippen LogP contribution is -2.15. The monoisotopic (exact) mass is 534 g/mol. The number of nitro groups is 1. The lowest BCUT2D eigenvalue weighted by atomic mass is 10.3. The number of non-ortho nitro benzene ring substituents is 1. The Balaban J connectivity index is 1.69. The van der Waals surface area contributed by atoms with Crippen LogP contribution in [0.4, 0.5) is 5.69 Å². The minimum Gasteiger partial charge on any atom is -0.491 e. The van der Waals surface area contributed by atoms with Crippen LogP contribution in [0, 0.1) is 10.1 Å². The molecule has 0 aliphatic carbocycles. The maximum absolute atomic E-state index is 10.6. The second-order valence-electron chi connectivity index (χ2n) is 7.29. The second kappa shape index (κ2) is 25.7. The van der Waals surface area contributed by atoms with Gasteiger partial charge in [-0.1, -0.05) is 0 Å². The minimum atomic E-state index is -0.452. The number of hydrogen-bond donors (Lipinski definition) is 1. The summed E-state index contributed by atoms with van der Waals surface area (Å²) in [5.74, 6) is 0.559. The standard InChI is InChI=1S/C24H42N2O11/c25-5-6-29-7-8-30-9-10-31-11-12-32-13-14-33-15-16-34-17-18-35-19-20-36-21-22-37-24-3-1-23(2-4-24)26(27)28/h1-4H,5-22,25H2. The first-order valence-electron chi connectivity index (χ1n) is 12.4. The lowest BCUT2D eigenvalue weighted by molar-refractivity contribution is -0.384. The van der Waals surface area contributed by atoms with Crippen molar-refractivity contribution in [2.75, 3.05) is 119 Å². The first kappa shape index (κ1) is 33.1. The van der Waals surface area contributed by atoms with Crippen molar-refractivity contribution >= 4 is 5.69 Å². The third-order valence-corrected chi connectivity index (χ3v) is 4.41. The molecule has 0 radical (unpaired) electrons. The summed E-state index contributed by atoms with van der Waals surface area (Å²) in [4.78, 5) is 10.1. The molecule has 1 aromatic rings. The molecule has 0 aromatic heterocycles. The molecule has 1 aromatic carbocycles. The first-order valence-corrected chi connectivity index (χ1v) is 12.4. The number of nitrogens with zero attached hydrogens (tertiary/aromatic N) is 1. The number of nitro benzene ring substituents is 1. The molecule has 214 valence electrons. The highest BCUT2D eigenvalue weighted by Gasteiger charge is 2.04. The highest BCUT2D eigenvalue weighted by atomic mass is 16.6. The third kappa shape index (κ3) is 21.8. The van der Waals surface area contributed by atoms with Crippen LogP contribution in [-0.2, 0) is 37.9 Å². The molecule has 0 aliphatic rings. The van der Waals surface area contributed by atoms with Crippen LogP contribution in [0.15, 0.2) is 24.3 Å². The van der Waals surface area contributed by atoms with Gasteiger partial charge in [0.25, 0.3) is 5.69 Å². The van der Waals surface area contributed by atoms with E-state index in [1.165, 1.54) is 12.1 Å². The molecular formula is C24H42N2O11. The molecule has 0 atom stereocenters. The van der Waals surface area contributed by atoms with Gasteiger partial charge in [-0.3, -0.25) is 10.1 Å². The molecule has 0 spiro atoms. The predicted octanol–water partition coefficient (Wildman–Crippen LogP) is 1.07. The molecule has 0 saturated carbocycles. The Labute approximate surface area is 218 Å². The molecule has 13 heteroatoms. The van der Waals surface area contributed by atoms with Crippen LogP contribution in [0.25, 0.3) is 0 Å². The van der Waals surface area contributed by atoms with Crippen molar-refractivity contribution in [1.82, 2.24) is 0 Å². The van der Waals surface area contributed by atoms with Crippen molar-refractivity contribution in [2.24, 2.45) is 5.73 Å². The van der Waals surface area contributed by atoms with Gasteiger partial charge in [-0.15, -0.1) is 0 Å². The average Bonchev–Trinajstić information content (AvgIpc) is 2.91. The van der Waals surface area contributed by atoms with Gasteiger partial charge in [0.2, 0.25) is 0 Å². The van der Waals surface area contributed by atoms with Crippen LogP contribution in [-0.4, -0.2) is 124 Å². The van der Waals surface area contributed by atoms with E-state index in [4.69, 9.17) is 48.4 Å². The zero-order chi connectivity index (χ0) is 26.7. The van der Waals surface area contributed by atoms with Crippen LogP contribution in [0.2, 0.25) is 0 Å². The number of rotatable bonds is 28. The fraction of sp³-hybridized carbons (Fsp3) is 0.750. The van der Waals surface area contributed by atoms with E-state index in [9.17, 15) is 10.1 Å². The van der Waals surface area contributed by atoms with Crippen molar-refractivity contribution < 1.29 is 47.6 Å². The molecule has 0 bridgehead atoms. The Morgan fingerprint density at radius 1 is 0.514 bits per heavy atom. The fourth-order valence-corrected chi connectivity index (χ4v) is 2.61. The first-order chi connectivity index (χ1) is 18.2. The van der Waals surface area contributed by atoms with Gasteiger partial charge in [0.1, 0.15) is 12.4 Å². The van der Waals surface area contributed by atoms with Crippen LogP contribution < -0.4 is 10.5 Å². The SMILES string of the molecule is NCCOCCOCCOCCOCCOCCOCCOCCOCCOc1ccc([N+](=O)[O-])cc1. The molecule has 1 rings (SSSR count). The summed E-state index contributed by atoms with van der Waals surface area (Å²) in [5, 5.41) is 10.6. The van der Waals surface area contributed by atoms with E-state index in [0.717, 1.165) is 0 Å². The van der Waals surface area contributed by atoms with Crippen molar-refractivity contribution in [2.45, 2.75) is 0 Å². The summed E-state index contributed by atoms with van der Waals surface area (Å²) < 4.78 is 48.5. The lowest BCUT2D eigenvalue weighted by Gasteiger charge is -2.09. The summed E-state index contributed by atoms with van der Waals surface area (Å²) >= 11 is 0. The number of ether oxygens (including phenoxy) is 9. The van der Waals surface area contributed by atoms with Crippen molar-refractivity contribution in [3.8, 4) is 5.75 Å². The van der Waals surface area contributed by atoms with Crippen molar-refractivity contribution in [3.63, 3.8) is 0 Å². The van der Waals surface area contributed by atoms with Gasteiger partial charge < -0.3 is 48.4 Å². The van der Waals surface area contributed by atoms with Gasteiger partial charge in [0.15, 0.2) is 0 Å². The molecule has 0 fully saturated rings. The fourth-order valence-electron chi connectivity index (χ4n) is 2.61. The number of nitrogens with two attached hydrogens (primary N) is 1. The topological polar surface area (TPSA) is 152 Å².